The van der Waals surface area contributed by atoms with Crippen LogP contribution in [0.25, 0.3) is 22.8 Å². The molecule has 1 aromatic heterocycles. The molecule has 4 rings (SSSR count). The van der Waals surface area contributed by atoms with Crippen LogP contribution in [0, 0.1) is 0 Å². The van der Waals surface area contributed by atoms with Gasteiger partial charge in [0, 0.05) is 0 Å². The molecule has 10 heteroatoms. The van der Waals surface area contributed by atoms with Crippen molar-refractivity contribution in [2.24, 2.45) is 0 Å². The Hall–Kier alpha value is -4.18. The highest BCUT2D eigenvalue weighted by molar-refractivity contribution is 7.91. The fraction of sp³-hybridized carbons (Fsp3) is 0.125. The Balaban J connectivity index is 1.78. The number of rotatable bonds is 7. The SMILES string of the molecule is COC(=O)c1ccc(S(=O)(=O)c2ccccc2-c2nc(-c3c(OC)cccc3OC)no2)cc1. The van der Waals surface area contributed by atoms with Crippen molar-refractivity contribution in [2.75, 3.05) is 21.3 Å². The first kappa shape index (κ1) is 23.0. The van der Waals surface area contributed by atoms with Crippen molar-refractivity contribution in [1.29, 1.82) is 0 Å². The lowest BCUT2D eigenvalue weighted by molar-refractivity contribution is 0.0600. The first-order chi connectivity index (χ1) is 16.4. The van der Waals surface area contributed by atoms with Gasteiger partial charge in [-0.05, 0) is 48.5 Å². The standard InChI is InChI=1S/C24H20N2O7S/c1-30-18-8-6-9-19(31-2)21(18)22-25-23(33-26-22)17-7-4-5-10-20(17)34(28,29)16-13-11-15(12-14-16)24(27)32-3/h4-14H,1-3H3. The largest absolute Gasteiger partial charge is 0.496 e. The van der Waals surface area contributed by atoms with E-state index in [4.69, 9.17) is 14.0 Å². The van der Waals surface area contributed by atoms with E-state index in [9.17, 15) is 13.2 Å². The average molecular weight is 480 g/mol. The van der Waals surface area contributed by atoms with Gasteiger partial charge in [0.1, 0.15) is 17.1 Å². The third-order valence-corrected chi connectivity index (χ3v) is 6.90. The van der Waals surface area contributed by atoms with E-state index in [0.717, 1.165) is 0 Å². The molecule has 1 heterocycles. The van der Waals surface area contributed by atoms with Gasteiger partial charge in [0.15, 0.2) is 0 Å². The number of benzene rings is 3. The number of carbonyl (C=O) groups is 1. The van der Waals surface area contributed by atoms with Crippen LogP contribution in [0.3, 0.4) is 0 Å². The molecule has 0 unspecified atom stereocenters. The van der Waals surface area contributed by atoms with E-state index in [0.29, 0.717) is 17.1 Å². The van der Waals surface area contributed by atoms with Crippen LogP contribution in [-0.4, -0.2) is 45.9 Å². The molecule has 0 saturated heterocycles. The van der Waals surface area contributed by atoms with E-state index < -0.39 is 15.8 Å². The number of hydrogen-bond donors (Lipinski definition) is 0. The summed E-state index contributed by atoms with van der Waals surface area (Å²) in [6, 6.07) is 17.0. The van der Waals surface area contributed by atoms with Gasteiger partial charge in [-0.25, -0.2) is 13.2 Å². The summed E-state index contributed by atoms with van der Waals surface area (Å²) in [5.74, 6) is 0.568. The summed E-state index contributed by atoms with van der Waals surface area (Å²) in [4.78, 5) is 16.1. The molecule has 0 aliphatic heterocycles. The Morgan fingerprint density at radius 3 is 2.12 bits per heavy atom. The summed E-state index contributed by atoms with van der Waals surface area (Å²) in [5, 5.41) is 4.02. The highest BCUT2D eigenvalue weighted by Gasteiger charge is 2.26. The van der Waals surface area contributed by atoms with Crippen molar-refractivity contribution < 1.29 is 31.9 Å². The number of ether oxygens (including phenoxy) is 3. The number of hydrogen-bond acceptors (Lipinski definition) is 9. The number of aromatic nitrogens is 2. The van der Waals surface area contributed by atoms with Gasteiger partial charge >= 0.3 is 5.97 Å². The Bertz CT molecular complexity index is 1420. The van der Waals surface area contributed by atoms with Crippen molar-refractivity contribution in [3.8, 4) is 34.3 Å². The minimum absolute atomic E-state index is 0.00117. The second kappa shape index (κ2) is 9.36. The zero-order chi connectivity index (χ0) is 24.3. The van der Waals surface area contributed by atoms with E-state index in [1.54, 1.807) is 36.4 Å². The van der Waals surface area contributed by atoms with Crippen LogP contribution in [0.5, 0.6) is 11.5 Å². The van der Waals surface area contributed by atoms with Crippen LogP contribution >= 0.6 is 0 Å². The van der Waals surface area contributed by atoms with Crippen LogP contribution in [0.1, 0.15) is 10.4 Å². The zero-order valence-corrected chi connectivity index (χ0v) is 19.3. The fourth-order valence-electron chi connectivity index (χ4n) is 3.40. The number of nitrogens with zero attached hydrogens (tertiary/aromatic N) is 2. The van der Waals surface area contributed by atoms with Crippen molar-refractivity contribution in [3.05, 3.63) is 72.3 Å². The summed E-state index contributed by atoms with van der Waals surface area (Å²) in [6.45, 7) is 0. The van der Waals surface area contributed by atoms with Crippen molar-refractivity contribution in [3.63, 3.8) is 0 Å². The molecule has 0 fully saturated rings. The Kier molecular flexibility index (Phi) is 6.33. The van der Waals surface area contributed by atoms with Crippen LogP contribution in [0.2, 0.25) is 0 Å². The quantitative estimate of drug-likeness (QED) is 0.361. The molecule has 0 N–H and O–H groups in total. The minimum Gasteiger partial charge on any atom is -0.496 e. The smallest absolute Gasteiger partial charge is 0.337 e. The first-order valence-electron chi connectivity index (χ1n) is 9.98. The van der Waals surface area contributed by atoms with Crippen LogP contribution < -0.4 is 9.47 Å². The maximum Gasteiger partial charge on any atom is 0.337 e. The van der Waals surface area contributed by atoms with E-state index in [2.05, 4.69) is 14.9 Å². The van der Waals surface area contributed by atoms with Crippen LogP contribution in [-0.2, 0) is 14.6 Å². The van der Waals surface area contributed by atoms with Gasteiger partial charge in [0.05, 0.1) is 42.2 Å². The van der Waals surface area contributed by atoms with Gasteiger partial charge in [-0.3, -0.25) is 0 Å². The van der Waals surface area contributed by atoms with Gasteiger partial charge in [-0.1, -0.05) is 23.4 Å². The topological polar surface area (TPSA) is 118 Å². The summed E-state index contributed by atoms with van der Waals surface area (Å²) < 4.78 is 47.7. The van der Waals surface area contributed by atoms with E-state index in [-0.39, 0.29) is 32.6 Å². The summed E-state index contributed by atoms with van der Waals surface area (Å²) >= 11 is 0. The molecule has 0 atom stereocenters. The molecule has 0 bridgehead atoms. The van der Waals surface area contributed by atoms with E-state index in [1.165, 1.54) is 51.7 Å². The lowest BCUT2D eigenvalue weighted by atomic mass is 10.1. The highest BCUT2D eigenvalue weighted by Crippen LogP contribution is 2.38. The third kappa shape index (κ3) is 4.11. The molecule has 4 aromatic rings. The number of esters is 1. The maximum atomic E-state index is 13.4. The van der Waals surface area contributed by atoms with Gasteiger partial charge in [-0.2, -0.15) is 4.98 Å². The molecule has 0 aliphatic rings. The van der Waals surface area contributed by atoms with Gasteiger partial charge in [0.2, 0.25) is 15.7 Å². The molecule has 0 amide bonds. The fourth-order valence-corrected chi connectivity index (χ4v) is 4.85. The average Bonchev–Trinajstić information content (AvgIpc) is 3.37. The molecular weight excluding hydrogens is 460 g/mol. The summed E-state index contributed by atoms with van der Waals surface area (Å²) in [5.41, 5.74) is 0.940. The number of sulfone groups is 1. The Morgan fingerprint density at radius 1 is 0.853 bits per heavy atom. The number of carbonyl (C=O) groups excluding carboxylic acids is 1. The maximum absolute atomic E-state index is 13.4. The van der Waals surface area contributed by atoms with Crippen molar-refractivity contribution in [1.82, 2.24) is 10.1 Å². The number of methoxy groups -OCH3 is 3. The predicted octanol–water partition coefficient (Wildman–Crippen LogP) is 4.04. The molecule has 34 heavy (non-hydrogen) atoms. The Morgan fingerprint density at radius 2 is 1.50 bits per heavy atom. The van der Waals surface area contributed by atoms with Gasteiger partial charge in [-0.15, -0.1) is 0 Å². The van der Waals surface area contributed by atoms with Gasteiger partial charge in [0.25, 0.3) is 5.89 Å². The molecule has 9 nitrogen and oxygen atoms in total. The molecule has 174 valence electrons. The third-order valence-electron chi connectivity index (χ3n) is 5.07. The zero-order valence-electron chi connectivity index (χ0n) is 18.5. The lowest BCUT2D eigenvalue weighted by Gasteiger charge is -2.09. The van der Waals surface area contributed by atoms with Crippen LogP contribution in [0.15, 0.2) is 81.0 Å². The van der Waals surface area contributed by atoms with Gasteiger partial charge < -0.3 is 18.7 Å². The normalized spacial score (nSPS) is 11.1. The van der Waals surface area contributed by atoms with Crippen molar-refractivity contribution in [2.45, 2.75) is 9.79 Å². The van der Waals surface area contributed by atoms with E-state index in [1.807, 2.05) is 0 Å². The molecule has 0 saturated carbocycles. The highest BCUT2D eigenvalue weighted by atomic mass is 32.2. The van der Waals surface area contributed by atoms with Crippen molar-refractivity contribution >= 4 is 15.8 Å². The van der Waals surface area contributed by atoms with Crippen LogP contribution in [0.4, 0.5) is 0 Å². The minimum atomic E-state index is -3.98. The molecule has 0 radical (unpaired) electrons. The first-order valence-corrected chi connectivity index (χ1v) is 11.5. The lowest BCUT2D eigenvalue weighted by Crippen LogP contribution is -2.06. The predicted molar refractivity (Wildman–Crippen MR) is 122 cm³/mol. The van der Waals surface area contributed by atoms with E-state index >= 15 is 0 Å². The molecule has 0 spiro atoms. The monoisotopic (exact) mass is 480 g/mol. The molecular formula is C24H20N2O7S. The summed E-state index contributed by atoms with van der Waals surface area (Å²) in [6.07, 6.45) is 0. The Labute approximate surface area is 195 Å². The summed E-state index contributed by atoms with van der Waals surface area (Å²) in [7, 11) is 0.288. The molecule has 3 aromatic carbocycles. The second-order valence-corrected chi connectivity index (χ2v) is 8.89. The second-order valence-electron chi connectivity index (χ2n) is 6.98. The molecule has 0 aliphatic carbocycles.